The number of likely N-dealkylation sites (N-methyl/N-ethyl adjacent to an activating group) is 1. The van der Waals surface area contributed by atoms with Gasteiger partial charge in [-0.3, -0.25) is 4.79 Å². The van der Waals surface area contributed by atoms with Gasteiger partial charge in [0.05, 0.1) is 7.11 Å². The molecule has 92 valence electrons. The van der Waals surface area contributed by atoms with E-state index in [0.717, 1.165) is 5.56 Å². The summed E-state index contributed by atoms with van der Waals surface area (Å²) in [5.41, 5.74) is 1.02. The van der Waals surface area contributed by atoms with Gasteiger partial charge in [0.2, 0.25) is 0 Å². The molecule has 0 aromatic heterocycles. The second kappa shape index (κ2) is 6.58. The van der Waals surface area contributed by atoms with E-state index in [1.165, 1.54) is 0 Å². The molecule has 4 nitrogen and oxygen atoms in total. The number of rotatable bonds is 5. The summed E-state index contributed by atoms with van der Waals surface area (Å²) < 4.78 is 10.6. The first-order valence-corrected chi connectivity index (χ1v) is 5.35. The molecule has 0 aliphatic rings. The Labute approximate surface area is 101 Å². The lowest BCUT2D eigenvalue weighted by Crippen LogP contribution is -2.24. The molecule has 4 heteroatoms. The van der Waals surface area contributed by atoms with Crippen LogP contribution in [0.5, 0.6) is 11.5 Å². The number of methoxy groups -OCH3 is 1. The van der Waals surface area contributed by atoms with Gasteiger partial charge in [0.25, 0.3) is 5.91 Å². The Balaban J connectivity index is 2.81. The Kier molecular flexibility index (Phi) is 5.07. The smallest absolute Gasteiger partial charge is 0.257 e. The number of amides is 1. The van der Waals surface area contributed by atoms with Crippen molar-refractivity contribution in [2.75, 3.05) is 20.8 Å². The highest BCUT2D eigenvalue weighted by Gasteiger charge is 2.06. The number of nitrogens with one attached hydrogen (secondary N) is 1. The number of hydrogen-bond donors (Lipinski definition) is 1. The molecule has 0 bridgehead atoms. The van der Waals surface area contributed by atoms with Crippen molar-refractivity contribution < 1.29 is 14.3 Å². The van der Waals surface area contributed by atoms with E-state index in [1.807, 2.05) is 31.2 Å². The number of allylic oxidation sites excluding steroid dienone is 1. The van der Waals surface area contributed by atoms with Gasteiger partial charge >= 0.3 is 0 Å². The molecule has 0 aliphatic carbocycles. The van der Waals surface area contributed by atoms with Crippen LogP contribution < -0.4 is 14.8 Å². The van der Waals surface area contributed by atoms with Crippen molar-refractivity contribution in [3.8, 4) is 11.5 Å². The van der Waals surface area contributed by atoms with E-state index in [1.54, 1.807) is 20.2 Å². The maximum absolute atomic E-state index is 11.1. The van der Waals surface area contributed by atoms with Crippen molar-refractivity contribution in [1.29, 1.82) is 0 Å². The molecular formula is C13H17NO3. The zero-order valence-electron chi connectivity index (χ0n) is 10.3. The number of hydrogen-bond acceptors (Lipinski definition) is 3. The second-order valence-corrected chi connectivity index (χ2v) is 3.37. The predicted molar refractivity (Wildman–Crippen MR) is 67.3 cm³/mol. The van der Waals surface area contributed by atoms with Crippen LogP contribution in [-0.2, 0) is 4.79 Å². The summed E-state index contributed by atoms with van der Waals surface area (Å²) >= 11 is 0. The van der Waals surface area contributed by atoms with Gasteiger partial charge in [-0.15, -0.1) is 0 Å². The van der Waals surface area contributed by atoms with Crippen molar-refractivity contribution in [2.24, 2.45) is 0 Å². The van der Waals surface area contributed by atoms with E-state index >= 15 is 0 Å². The fraction of sp³-hybridized carbons (Fsp3) is 0.308. The van der Waals surface area contributed by atoms with Crippen molar-refractivity contribution in [3.05, 3.63) is 29.8 Å². The fourth-order valence-electron chi connectivity index (χ4n) is 1.32. The van der Waals surface area contributed by atoms with Crippen LogP contribution in [0.15, 0.2) is 24.3 Å². The number of ether oxygens (including phenoxy) is 2. The number of benzene rings is 1. The summed E-state index contributed by atoms with van der Waals surface area (Å²) in [6, 6.07) is 5.55. The minimum absolute atomic E-state index is 0.0180. The normalized spacial score (nSPS) is 10.3. The quantitative estimate of drug-likeness (QED) is 0.847. The minimum atomic E-state index is -0.176. The molecule has 1 amide bonds. The second-order valence-electron chi connectivity index (χ2n) is 3.37. The van der Waals surface area contributed by atoms with Crippen molar-refractivity contribution >= 4 is 12.0 Å². The van der Waals surface area contributed by atoms with E-state index in [-0.39, 0.29) is 12.5 Å². The Morgan fingerprint density at radius 2 is 2.18 bits per heavy atom. The summed E-state index contributed by atoms with van der Waals surface area (Å²) in [4.78, 5) is 11.1. The maximum atomic E-state index is 11.1. The number of carbonyl (C=O) groups is 1. The first-order chi connectivity index (χ1) is 8.21. The Morgan fingerprint density at radius 1 is 1.41 bits per heavy atom. The molecule has 0 spiro atoms. The van der Waals surface area contributed by atoms with E-state index in [4.69, 9.17) is 9.47 Å². The predicted octanol–water partition coefficient (Wildman–Crippen LogP) is 1.85. The highest BCUT2D eigenvalue weighted by molar-refractivity contribution is 5.77. The molecule has 0 saturated carbocycles. The lowest BCUT2D eigenvalue weighted by molar-refractivity contribution is -0.122. The number of carbonyl (C=O) groups excluding carboxylic acids is 1. The summed E-state index contributed by atoms with van der Waals surface area (Å²) in [6.07, 6.45) is 3.91. The third-order valence-electron chi connectivity index (χ3n) is 2.18. The molecule has 0 aliphatic heterocycles. The van der Waals surface area contributed by atoms with Gasteiger partial charge in [0.1, 0.15) is 0 Å². The first kappa shape index (κ1) is 13.1. The molecule has 1 rings (SSSR count). The SMILES string of the molecule is C/C=C/c1ccc(OCC(=O)NC)c(OC)c1. The third kappa shape index (κ3) is 3.83. The first-order valence-electron chi connectivity index (χ1n) is 5.35. The molecule has 0 unspecified atom stereocenters. The van der Waals surface area contributed by atoms with Gasteiger partial charge in [0, 0.05) is 7.05 Å². The molecule has 0 radical (unpaired) electrons. The summed E-state index contributed by atoms with van der Waals surface area (Å²) in [5, 5.41) is 2.49. The molecule has 0 atom stereocenters. The molecule has 0 saturated heterocycles. The van der Waals surface area contributed by atoms with Gasteiger partial charge in [-0.2, -0.15) is 0 Å². The Morgan fingerprint density at radius 3 is 2.76 bits per heavy atom. The molecule has 1 aromatic rings. The van der Waals surface area contributed by atoms with E-state index in [2.05, 4.69) is 5.32 Å². The summed E-state index contributed by atoms with van der Waals surface area (Å²) in [7, 11) is 3.14. The van der Waals surface area contributed by atoms with Crippen molar-refractivity contribution in [3.63, 3.8) is 0 Å². The molecule has 1 N–H and O–H groups in total. The topological polar surface area (TPSA) is 47.6 Å². The van der Waals surface area contributed by atoms with Crippen LogP contribution in [0.4, 0.5) is 0 Å². The largest absolute Gasteiger partial charge is 0.493 e. The standard InChI is InChI=1S/C13H17NO3/c1-4-5-10-6-7-11(12(8-10)16-3)17-9-13(15)14-2/h4-8H,9H2,1-3H3,(H,14,15)/b5-4+. The van der Waals surface area contributed by atoms with Crippen LogP contribution in [-0.4, -0.2) is 26.7 Å². The lowest BCUT2D eigenvalue weighted by Gasteiger charge is -2.10. The third-order valence-corrected chi connectivity index (χ3v) is 2.18. The van der Waals surface area contributed by atoms with Crippen molar-refractivity contribution in [2.45, 2.75) is 6.92 Å². The van der Waals surface area contributed by atoms with Crippen LogP contribution >= 0.6 is 0 Å². The lowest BCUT2D eigenvalue weighted by atomic mass is 10.2. The van der Waals surface area contributed by atoms with Gasteiger partial charge in [-0.05, 0) is 24.6 Å². The maximum Gasteiger partial charge on any atom is 0.257 e. The summed E-state index contributed by atoms with van der Waals surface area (Å²) in [6.45, 7) is 1.93. The van der Waals surface area contributed by atoms with Gasteiger partial charge in [0.15, 0.2) is 18.1 Å². The van der Waals surface area contributed by atoms with E-state index in [0.29, 0.717) is 11.5 Å². The van der Waals surface area contributed by atoms with Gasteiger partial charge in [-0.1, -0.05) is 18.2 Å². The minimum Gasteiger partial charge on any atom is -0.493 e. The van der Waals surface area contributed by atoms with Crippen LogP contribution in [0.1, 0.15) is 12.5 Å². The fourth-order valence-corrected chi connectivity index (χ4v) is 1.32. The Hall–Kier alpha value is -1.97. The Bertz CT molecular complexity index is 413. The highest BCUT2D eigenvalue weighted by Crippen LogP contribution is 2.28. The molecular weight excluding hydrogens is 218 g/mol. The van der Waals surface area contributed by atoms with E-state index in [9.17, 15) is 4.79 Å². The average molecular weight is 235 g/mol. The molecule has 17 heavy (non-hydrogen) atoms. The summed E-state index contributed by atoms with van der Waals surface area (Å²) in [5.74, 6) is 0.999. The zero-order chi connectivity index (χ0) is 12.7. The highest BCUT2D eigenvalue weighted by atomic mass is 16.5. The monoisotopic (exact) mass is 235 g/mol. The van der Waals surface area contributed by atoms with Crippen LogP contribution in [0.25, 0.3) is 6.08 Å². The van der Waals surface area contributed by atoms with Crippen LogP contribution in [0.3, 0.4) is 0 Å². The van der Waals surface area contributed by atoms with Crippen molar-refractivity contribution in [1.82, 2.24) is 5.32 Å². The molecule has 0 heterocycles. The van der Waals surface area contributed by atoms with Gasteiger partial charge < -0.3 is 14.8 Å². The van der Waals surface area contributed by atoms with Crippen LogP contribution in [0.2, 0.25) is 0 Å². The average Bonchev–Trinajstić information content (AvgIpc) is 2.36. The molecule has 1 aromatic carbocycles. The van der Waals surface area contributed by atoms with Crippen LogP contribution in [0, 0.1) is 0 Å². The van der Waals surface area contributed by atoms with E-state index < -0.39 is 0 Å². The zero-order valence-corrected chi connectivity index (χ0v) is 10.3. The van der Waals surface area contributed by atoms with Gasteiger partial charge in [-0.25, -0.2) is 0 Å². The molecule has 0 fully saturated rings.